The Morgan fingerprint density at radius 2 is 1.91 bits per heavy atom. The predicted molar refractivity (Wildman–Crippen MR) is 134 cm³/mol. The van der Waals surface area contributed by atoms with Crippen molar-refractivity contribution in [2.24, 2.45) is 0 Å². The van der Waals surface area contributed by atoms with E-state index in [0.29, 0.717) is 24.4 Å². The molecular formula is C24H29N5O5S. The van der Waals surface area contributed by atoms with Crippen molar-refractivity contribution in [1.29, 1.82) is 0 Å². The largest absolute Gasteiger partial charge is 0.394 e. The van der Waals surface area contributed by atoms with E-state index in [0.717, 1.165) is 11.8 Å². The number of benzene rings is 2. The van der Waals surface area contributed by atoms with Crippen LogP contribution in [-0.2, 0) is 14.6 Å². The van der Waals surface area contributed by atoms with E-state index in [4.69, 9.17) is 4.74 Å². The minimum atomic E-state index is -3.34. The van der Waals surface area contributed by atoms with E-state index in [9.17, 15) is 18.3 Å². The molecule has 0 spiro atoms. The van der Waals surface area contributed by atoms with Gasteiger partial charge in [0.25, 0.3) is 5.91 Å². The SMILES string of the molecule is COCCNC(=O)c1cnc(Nc2ccc(S(C)(=O)=O)c(C)c2)nc1N[C@H](CO)c1ccccc1. The van der Waals surface area contributed by atoms with E-state index in [2.05, 4.69) is 25.9 Å². The number of ether oxygens (including phenoxy) is 1. The van der Waals surface area contributed by atoms with Crippen molar-refractivity contribution < 1.29 is 23.1 Å². The highest BCUT2D eigenvalue weighted by molar-refractivity contribution is 7.90. The number of carbonyl (C=O) groups is 1. The lowest BCUT2D eigenvalue weighted by Crippen LogP contribution is -2.29. The van der Waals surface area contributed by atoms with E-state index in [1.165, 1.54) is 12.3 Å². The molecule has 0 radical (unpaired) electrons. The summed E-state index contributed by atoms with van der Waals surface area (Å²) in [5.41, 5.74) is 2.18. The van der Waals surface area contributed by atoms with Crippen LogP contribution in [0.25, 0.3) is 0 Å². The summed E-state index contributed by atoms with van der Waals surface area (Å²) in [6.45, 7) is 2.13. The quantitative estimate of drug-likeness (QED) is 0.293. The van der Waals surface area contributed by atoms with Crippen LogP contribution in [0.2, 0.25) is 0 Å². The zero-order valence-electron chi connectivity index (χ0n) is 19.8. The zero-order chi connectivity index (χ0) is 25.4. The van der Waals surface area contributed by atoms with Crippen LogP contribution in [-0.4, -0.2) is 62.5 Å². The number of nitrogens with zero attached hydrogens (tertiary/aromatic N) is 2. The Kier molecular flexibility index (Phi) is 8.74. The third-order valence-corrected chi connectivity index (χ3v) is 6.41. The summed E-state index contributed by atoms with van der Waals surface area (Å²) in [7, 11) is -1.80. The number of carbonyl (C=O) groups excluding carboxylic acids is 1. The number of hydrogen-bond acceptors (Lipinski definition) is 9. The van der Waals surface area contributed by atoms with E-state index in [-0.39, 0.29) is 28.8 Å². The molecule has 2 aromatic carbocycles. The molecule has 0 aliphatic carbocycles. The number of aliphatic hydroxyl groups is 1. The molecule has 0 bridgehead atoms. The first-order valence-electron chi connectivity index (χ1n) is 10.9. The van der Waals surface area contributed by atoms with Gasteiger partial charge in [-0.2, -0.15) is 4.98 Å². The van der Waals surface area contributed by atoms with Crippen molar-refractivity contribution in [3.63, 3.8) is 0 Å². The molecule has 11 heteroatoms. The predicted octanol–water partition coefficient (Wildman–Crippen LogP) is 2.45. The molecule has 35 heavy (non-hydrogen) atoms. The second-order valence-electron chi connectivity index (χ2n) is 7.87. The normalized spacial score (nSPS) is 12.1. The zero-order valence-corrected chi connectivity index (χ0v) is 20.6. The number of hydrogen-bond donors (Lipinski definition) is 4. The highest BCUT2D eigenvalue weighted by Crippen LogP contribution is 2.25. The van der Waals surface area contributed by atoms with Gasteiger partial charge >= 0.3 is 0 Å². The smallest absolute Gasteiger partial charge is 0.256 e. The highest BCUT2D eigenvalue weighted by atomic mass is 32.2. The first kappa shape index (κ1) is 26.1. The minimum absolute atomic E-state index is 0.192. The van der Waals surface area contributed by atoms with Crippen molar-refractivity contribution in [1.82, 2.24) is 15.3 Å². The third-order valence-electron chi connectivity index (χ3n) is 5.15. The molecule has 186 valence electrons. The van der Waals surface area contributed by atoms with Crippen LogP contribution in [0.1, 0.15) is 27.5 Å². The van der Waals surface area contributed by atoms with Gasteiger partial charge in [0.2, 0.25) is 5.95 Å². The Hall–Kier alpha value is -3.54. The molecule has 1 atom stereocenters. The number of nitrogens with one attached hydrogen (secondary N) is 3. The van der Waals surface area contributed by atoms with Gasteiger partial charge in [0.05, 0.1) is 24.2 Å². The van der Waals surface area contributed by atoms with Crippen molar-refractivity contribution in [2.45, 2.75) is 17.9 Å². The van der Waals surface area contributed by atoms with Gasteiger partial charge in [0, 0.05) is 31.8 Å². The van der Waals surface area contributed by atoms with E-state index >= 15 is 0 Å². The fraction of sp³-hybridized carbons (Fsp3) is 0.292. The van der Waals surface area contributed by atoms with Gasteiger partial charge in [-0.05, 0) is 36.2 Å². The Bertz CT molecular complexity index is 1270. The topological polar surface area (TPSA) is 143 Å². The van der Waals surface area contributed by atoms with Gasteiger partial charge in [-0.25, -0.2) is 13.4 Å². The highest BCUT2D eigenvalue weighted by Gasteiger charge is 2.19. The summed E-state index contributed by atoms with van der Waals surface area (Å²) in [5, 5.41) is 18.9. The van der Waals surface area contributed by atoms with Crippen molar-refractivity contribution >= 4 is 33.2 Å². The summed E-state index contributed by atoms with van der Waals surface area (Å²) in [4.78, 5) is 21.7. The second kappa shape index (κ2) is 11.7. The van der Waals surface area contributed by atoms with E-state index in [1.807, 2.05) is 30.3 Å². The number of methoxy groups -OCH3 is 1. The van der Waals surface area contributed by atoms with Crippen LogP contribution in [0.15, 0.2) is 59.6 Å². The maximum atomic E-state index is 12.8. The molecule has 0 aliphatic heterocycles. The molecule has 3 rings (SSSR count). The number of anilines is 3. The first-order chi connectivity index (χ1) is 16.7. The maximum absolute atomic E-state index is 12.8. The lowest BCUT2D eigenvalue weighted by molar-refractivity contribution is 0.0937. The summed E-state index contributed by atoms with van der Waals surface area (Å²) < 4.78 is 28.8. The molecule has 0 aliphatic rings. The average Bonchev–Trinajstić information content (AvgIpc) is 2.82. The Morgan fingerprint density at radius 1 is 1.17 bits per heavy atom. The first-order valence-corrected chi connectivity index (χ1v) is 12.8. The molecule has 10 nitrogen and oxygen atoms in total. The molecule has 0 saturated heterocycles. The standard InChI is InChI=1S/C24H29N5O5S/c1-16-13-18(9-10-21(16)35(3,32)33)27-24-26-14-19(23(31)25-11-12-34-2)22(29-24)28-20(15-30)17-7-5-4-6-8-17/h4-10,13-14,20,30H,11-12,15H2,1-3H3,(H,25,31)(H2,26,27,28,29)/t20-/m1/s1. The summed E-state index contributed by atoms with van der Waals surface area (Å²) in [6, 6.07) is 13.6. The molecular weight excluding hydrogens is 470 g/mol. The molecule has 1 heterocycles. The Morgan fingerprint density at radius 3 is 2.54 bits per heavy atom. The van der Waals surface area contributed by atoms with Crippen LogP contribution in [0, 0.1) is 6.92 Å². The number of amides is 1. The minimum Gasteiger partial charge on any atom is -0.394 e. The van der Waals surface area contributed by atoms with Gasteiger partial charge in [0.15, 0.2) is 9.84 Å². The van der Waals surface area contributed by atoms with Crippen LogP contribution in [0.4, 0.5) is 17.5 Å². The summed E-state index contributed by atoms with van der Waals surface area (Å²) in [6.07, 6.45) is 2.54. The lowest BCUT2D eigenvalue weighted by Gasteiger charge is -2.20. The third kappa shape index (κ3) is 6.98. The summed E-state index contributed by atoms with van der Waals surface area (Å²) in [5.74, 6) is 0.0243. The van der Waals surface area contributed by atoms with Gasteiger partial charge in [-0.15, -0.1) is 0 Å². The number of sulfone groups is 1. The fourth-order valence-corrected chi connectivity index (χ4v) is 4.40. The maximum Gasteiger partial charge on any atom is 0.256 e. The molecule has 4 N–H and O–H groups in total. The molecule has 1 amide bonds. The number of aromatic nitrogens is 2. The van der Waals surface area contributed by atoms with Crippen LogP contribution < -0.4 is 16.0 Å². The van der Waals surface area contributed by atoms with Gasteiger partial charge < -0.3 is 25.8 Å². The fourth-order valence-electron chi connectivity index (χ4n) is 3.44. The van der Waals surface area contributed by atoms with Gasteiger partial charge in [0.1, 0.15) is 11.4 Å². The van der Waals surface area contributed by atoms with Gasteiger partial charge in [-0.3, -0.25) is 4.79 Å². The number of rotatable bonds is 11. The van der Waals surface area contributed by atoms with Crippen LogP contribution in [0.5, 0.6) is 0 Å². The number of aryl methyl sites for hydroxylation is 1. The van der Waals surface area contributed by atoms with E-state index < -0.39 is 21.8 Å². The van der Waals surface area contributed by atoms with E-state index in [1.54, 1.807) is 26.2 Å². The van der Waals surface area contributed by atoms with Crippen LogP contribution >= 0.6 is 0 Å². The van der Waals surface area contributed by atoms with Crippen LogP contribution in [0.3, 0.4) is 0 Å². The second-order valence-corrected chi connectivity index (χ2v) is 9.86. The molecule has 3 aromatic rings. The molecule has 0 saturated carbocycles. The molecule has 1 aromatic heterocycles. The van der Waals surface area contributed by atoms with Gasteiger partial charge in [-0.1, -0.05) is 30.3 Å². The van der Waals surface area contributed by atoms with Crippen molar-refractivity contribution in [2.75, 3.05) is 43.8 Å². The summed E-state index contributed by atoms with van der Waals surface area (Å²) >= 11 is 0. The van der Waals surface area contributed by atoms with Crippen molar-refractivity contribution in [3.05, 3.63) is 71.4 Å². The lowest BCUT2D eigenvalue weighted by atomic mass is 10.1. The molecule has 0 unspecified atom stereocenters. The van der Waals surface area contributed by atoms with Crippen molar-refractivity contribution in [3.8, 4) is 0 Å². The monoisotopic (exact) mass is 499 g/mol. The Balaban J connectivity index is 1.92. The molecule has 0 fully saturated rings. The average molecular weight is 500 g/mol. The Labute approximate surface area is 204 Å². The number of aliphatic hydroxyl groups excluding tert-OH is 1.